The van der Waals surface area contributed by atoms with Crippen LogP contribution in [0.5, 0.6) is 0 Å². The quantitative estimate of drug-likeness (QED) is 0.594. The molecule has 8 nitrogen and oxygen atoms in total. The Balaban J connectivity index is 1.41. The summed E-state index contributed by atoms with van der Waals surface area (Å²) >= 11 is 0. The molecule has 196 valence electrons. The number of carbonyl (C=O) groups excluding carboxylic acids is 1. The molecular weight excluding hydrogens is 504 g/mol. The van der Waals surface area contributed by atoms with Gasteiger partial charge in [-0.25, -0.2) is 22.7 Å². The molecule has 5 rings (SSSR count). The topological polar surface area (TPSA) is 97.0 Å². The molecule has 0 radical (unpaired) electrons. The first kappa shape index (κ1) is 25.4. The summed E-state index contributed by atoms with van der Waals surface area (Å²) in [5, 5.41) is 1.92. The van der Waals surface area contributed by atoms with E-state index >= 15 is 8.78 Å². The molecule has 3 heterocycles. The summed E-state index contributed by atoms with van der Waals surface area (Å²) in [5.74, 6) is -2.25. The van der Waals surface area contributed by atoms with Crippen molar-refractivity contribution in [3.8, 4) is 0 Å². The SMILES string of the molecule is C=C1C=C(C(=O)NC2(c3cc(F)c(CN4[C@@H](C)CC[C@H](c5ccccc5)S4(=O)=O)cc3F)COC2)ON1. The van der Waals surface area contributed by atoms with Crippen LogP contribution in [0, 0.1) is 11.6 Å². The van der Waals surface area contributed by atoms with Crippen LogP contribution in [-0.2, 0) is 36.5 Å². The van der Waals surface area contributed by atoms with Gasteiger partial charge in [0.05, 0.1) is 18.9 Å². The molecule has 0 saturated carbocycles. The summed E-state index contributed by atoms with van der Waals surface area (Å²) in [4.78, 5) is 17.7. The number of nitrogens with zero attached hydrogens (tertiary/aromatic N) is 1. The number of amides is 1. The maximum absolute atomic E-state index is 15.4. The number of halogens is 2. The average molecular weight is 532 g/mol. The molecule has 3 aliphatic rings. The predicted octanol–water partition coefficient (Wildman–Crippen LogP) is 3.29. The minimum Gasteiger partial charge on any atom is -0.376 e. The van der Waals surface area contributed by atoms with Crippen molar-refractivity contribution in [2.45, 2.75) is 43.1 Å². The molecule has 2 saturated heterocycles. The van der Waals surface area contributed by atoms with Crippen LogP contribution in [-0.4, -0.2) is 37.9 Å². The van der Waals surface area contributed by atoms with Crippen molar-refractivity contribution in [1.82, 2.24) is 15.1 Å². The smallest absolute Gasteiger partial charge is 0.290 e. The zero-order valence-corrected chi connectivity index (χ0v) is 21.0. The molecule has 0 spiro atoms. The zero-order valence-electron chi connectivity index (χ0n) is 20.2. The van der Waals surface area contributed by atoms with E-state index in [2.05, 4.69) is 17.4 Å². The Morgan fingerprint density at radius 2 is 1.92 bits per heavy atom. The number of carbonyl (C=O) groups is 1. The summed E-state index contributed by atoms with van der Waals surface area (Å²) < 4.78 is 64.2. The molecule has 2 aromatic carbocycles. The fourth-order valence-electron chi connectivity index (χ4n) is 4.93. The van der Waals surface area contributed by atoms with Crippen LogP contribution in [0.15, 0.2) is 66.6 Å². The average Bonchev–Trinajstić information content (AvgIpc) is 3.28. The van der Waals surface area contributed by atoms with Gasteiger partial charge in [0, 0.05) is 29.8 Å². The van der Waals surface area contributed by atoms with Crippen molar-refractivity contribution in [1.29, 1.82) is 0 Å². The van der Waals surface area contributed by atoms with Gasteiger partial charge in [-0.05, 0) is 37.5 Å². The minimum absolute atomic E-state index is 0.0631. The van der Waals surface area contributed by atoms with E-state index in [1.165, 1.54) is 10.4 Å². The van der Waals surface area contributed by atoms with Crippen LogP contribution in [0.1, 0.15) is 41.7 Å². The van der Waals surface area contributed by atoms with Gasteiger partial charge in [-0.15, -0.1) is 0 Å². The van der Waals surface area contributed by atoms with Crippen LogP contribution < -0.4 is 10.8 Å². The fraction of sp³-hybridized carbons (Fsp3) is 0.346. The predicted molar refractivity (Wildman–Crippen MR) is 131 cm³/mol. The molecule has 0 bridgehead atoms. The number of nitrogens with one attached hydrogen (secondary N) is 2. The third kappa shape index (κ3) is 4.62. The van der Waals surface area contributed by atoms with E-state index < -0.39 is 38.4 Å². The molecule has 2 aromatic rings. The Labute approximate surface area is 213 Å². The van der Waals surface area contributed by atoms with Gasteiger partial charge < -0.3 is 14.9 Å². The first-order valence-corrected chi connectivity index (χ1v) is 13.4. The van der Waals surface area contributed by atoms with Gasteiger partial charge in [0.2, 0.25) is 15.8 Å². The Bertz CT molecular complexity index is 1380. The summed E-state index contributed by atoms with van der Waals surface area (Å²) in [6, 6.07) is 10.5. The van der Waals surface area contributed by atoms with E-state index in [4.69, 9.17) is 9.57 Å². The summed E-state index contributed by atoms with van der Waals surface area (Å²) in [7, 11) is -3.82. The Hall–Kier alpha value is -3.28. The molecule has 2 fully saturated rings. The monoisotopic (exact) mass is 531 g/mol. The van der Waals surface area contributed by atoms with Crippen molar-refractivity contribution in [2.24, 2.45) is 0 Å². The number of sulfonamides is 1. The summed E-state index contributed by atoms with van der Waals surface area (Å²) in [6.45, 7) is 4.96. The highest BCUT2D eigenvalue weighted by Crippen LogP contribution is 2.39. The Morgan fingerprint density at radius 1 is 1.19 bits per heavy atom. The molecule has 2 atom stereocenters. The molecule has 37 heavy (non-hydrogen) atoms. The lowest BCUT2D eigenvalue weighted by Gasteiger charge is -2.42. The van der Waals surface area contributed by atoms with Crippen LogP contribution in [0.2, 0.25) is 0 Å². The van der Waals surface area contributed by atoms with Crippen LogP contribution in [0.4, 0.5) is 8.78 Å². The van der Waals surface area contributed by atoms with Crippen LogP contribution >= 0.6 is 0 Å². The first-order valence-electron chi connectivity index (χ1n) is 11.9. The van der Waals surface area contributed by atoms with Crippen molar-refractivity contribution < 1.29 is 31.6 Å². The number of hydroxylamine groups is 1. The molecule has 11 heteroatoms. The lowest BCUT2D eigenvalue weighted by Crippen LogP contribution is -2.60. The standard InChI is InChI=1S/C26H27F2N3O5S/c1-16-10-23(36-30-16)25(32)29-26(14-35-15-26)20-12-21(27)19(11-22(20)28)13-31-17(2)8-9-24(37(31,33)34)18-6-4-3-5-7-18/h3-7,10-12,17,24,30H,1,8-9,13-15H2,2H3,(H,29,32)/t17-,24+/m0/s1. The van der Waals surface area contributed by atoms with Gasteiger partial charge in [-0.1, -0.05) is 36.9 Å². The highest BCUT2D eigenvalue weighted by molar-refractivity contribution is 7.89. The third-order valence-corrected chi connectivity index (χ3v) is 9.41. The van der Waals surface area contributed by atoms with Gasteiger partial charge in [-0.2, -0.15) is 4.31 Å². The first-order chi connectivity index (χ1) is 17.6. The van der Waals surface area contributed by atoms with Crippen LogP contribution in [0.3, 0.4) is 0 Å². The van der Waals surface area contributed by atoms with Crippen molar-refractivity contribution >= 4 is 15.9 Å². The lowest BCUT2D eigenvalue weighted by atomic mass is 9.86. The normalized spacial score (nSPS) is 24.4. The van der Waals surface area contributed by atoms with E-state index in [0.717, 1.165) is 12.1 Å². The molecule has 0 aromatic heterocycles. The second kappa shape index (κ2) is 9.55. The molecule has 0 unspecified atom stereocenters. The third-order valence-electron chi connectivity index (χ3n) is 7.04. The van der Waals surface area contributed by atoms with E-state index in [-0.39, 0.29) is 42.7 Å². The summed E-state index contributed by atoms with van der Waals surface area (Å²) in [6.07, 6.45) is 2.42. The van der Waals surface area contributed by atoms with Crippen molar-refractivity contribution in [2.75, 3.05) is 13.2 Å². The lowest BCUT2D eigenvalue weighted by molar-refractivity contribution is -0.134. The number of rotatable bonds is 6. The van der Waals surface area contributed by atoms with Gasteiger partial charge >= 0.3 is 0 Å². The highest BCUT2D eigenvalue weighted by atomic mass is 32.2. The fourth-order valence-corrected chi connectivity index (χ4v) is 7.11. The van der Waals surface area contributed by atoms with E-state index in [9.17, 15) is 13.2 Å². The number of ether oxygens (including phenoxy) is 1. The maximum atomic E-state index is 15.4. The van der Waals surface area contributed by atoms with E-state index in [1.807, 2.05) is 6.07 Å². The maximum Gasteiger partial charge on any atom is 0.290 e. The van der Waals surface area contributed by atoms with Gasteiger partial charge in [0.15, 0.2) is 0 Å². The van der Waals surface area contributed by atoms with Gasteiger partial charge in [0.25, 0.3) is 5.91 Å². The highest BCUT2D eigenvalue weighted by Gasteiger charge is 2.46. The second-order valence-corrected chi connectivity index (χ2v) is 11.7. The second-order valence-electron chi connectivity index (χ2n) is 9.61. The van der Waals surface area contributed by atoms with Gasteiger partial charge in [0.1, 0.15) is 22.4 Å². The minimum atomic E-state index is -3.82. The van der Waals surface area contributed by atoms with Crippen LogP contribution in [0.25, 0.3) is 0 Å². The number of hydrogen-bond donors (Lipinski definition) is 2. The largest absolute Gasteiger partial charge is 0.376 e. The molecular formula is C26H27F2N3O5S. The molecule has 2 N–H and O–H groups in total. The molecule has 3 aliphatic heterocycles. The number of hydrogen-bond acceptors (Lipinski definition) is 6. The molecule has 0 aliphatic carbocycles. The number of benzene rings is 2. The Kier molecular flexibility index (Phi) is 6.55. The van der Waals surface area contributed by atoms with Crippen molar-refractivity contribution in [3.05, 3.63) is 94.9 Å². The number of allylic oxidation sites excluding steroid dienone is 1. The Morgan fingerprint density at radius 3 is 2.54 bits per heavy atom. The zero-order chi connectivity index (χ0) is 26.4. The van der Waals surface area contributed by atoms with Crippen molar-refractivity contribution in [3.63, 3.8) is 0 Å². The van der Waals surface area contributed by atoms with E-state index in [1.54, 1.807) is 31.2 Å². The molecule has 1 amide bonds. The van der Waals surface area contributed by atoms with Gasteiger partial charge in [-0.3, -0.25) is 4.79 Å². The summed E-state index contributed by atoms with van der Waals surface area (Å²) in [5.41, 5.74) is 2.01. The van der Waals surface area contributed by atoms with E-state index in [0.29, 0.717) is 24.1 Å².